The summed E-state index contributed by atoms with van der Waals surface area (Å²) in [5.41, 5.74) is 5.04. The van der Waals surface area contributed by atoms with Crippen LogP contribution in [0.3, 0.4) is 0 Å². The normalized spacial score (nSPS) is 18.4. The van der Waals surface area contributed by atoms with E-state index in [2.05, 4.69) is 32.6 Å². The first-order valence-electron chi connectivity index (χ1n) is 8.59. The van der Waals surface area contributed by atoms with Gasteiger partial charge in [0.1, 0.15) is 6.61 Å². The van der Waals surface area contributed by atoms with Crippen LogP contribution in [0.25, 0.3) is 0 Å². The van der Waals surface area contributed by atoms with Crippen LogP contribution in [0.2, 0.25) is 0 Å². The lowest BCUT2D eigenvalue weighted by Gasteiger charge is -2.31. The second-order valence-electron chi connectivity index (χ2n) is 7.10. The minimum absolute atomic E-state index is 0.196. The molecule has 0 aromatic rings. The van der Waals surface area contributed by atoms with Crippen molar-refractivity contribution in [3.05, 3.63) is 46.6 Å². The summed E-state index contributed by atoms with van der Waals surface area (Å²) in [6.45, 7) is 12.5. The van der Waals surface area contributed by atoms with Crippen molar-refractivity contribution >= 4 is 5.97 Å². The van der Waals surface area contributed by atoms with Crippen LogP contribution in [0.5, 0.6) is 0 Å². The molecule has 0 aliphatic heterocycles. The maximum atomic E-state index is 10.7. The quantitative estimate of drug-likeness (QED) is 0.386. The van der Waals surface area contributed by atoms with Crippen molar-refractivity contribution < 1.29 is 9.53 Å². The fourth-order valence-electron chi connectivity index (χ4n) is 2.80. The van der Waals surface area contributed by atoms with Crippen LogP contribution in [-0.4, -0.2) is 12.6 Å². The third-order valence-electron chi connectivity index (χ3n) is 4.24. The summed E-state index contributed by atoms with van der Waals surface area (Å²) in [7, 11) is 0. The fraction of sp³-hybridized carbons (Fsp3) is 0.500. The van der Waals surface area contributed by atoms with Gasteiger partial charge in [-0.1, -0.05) is 55.1 Å². The Labute approximate surface area is 147 Å². The van der Waals surface area contributed by atoms with Gasteiger partial charge in [-0.3, -0.25) is 4.79 Å². The molecule has 0 aromatic heterocycles. The van der Waals surface area contributed by atoms with Crippen LogP contribution >= 0.6 is 0 Å². The zero-order valence-electron chi connectivity index (χ0n) is 16.0. The van der Waals surface area contributed by atoms with E-state index in [0.717, 1.165) is 11.1 Å². The first-order valence-corrected chi connectivity index (χ1v) is 8.59. The second-order valence-corrected chi connectivity index (χ2v) is 7.10. The molecule has 0 saturated heterocycles. The van der Waals surface area contributed by atoms with Crippen molar-refractivity contribution in [3.63, 3.8) is 0 Å². The highest BCUT2D eigenvalue weighted by Gasteiger charge is 2.27. The summed E-state index contributed by atoms with van der Waals surface area (Å²) in [5.74, 6) is 6.43. The molecule has 0 radical (unpaired) electrons. The van der Waals surface area contributed by atoms with Gasteiger partial charge in [0.2, 0.25) is 0 Å². The van der Waals surface area contributed by atoms with Crippen molar-refractivity contribution in [3.8, 4) is 11.8 Å². The summed E-state index contributed by atoms with van der Waals surface area (Å²) in [6, 6.07) is 0. The highest BCUT2D eigenvalue weighted by Crippen LogP contribution is 2.39. The molecule has 0 aromatic carbocycles. The number of carbonyl (C=O) groups excluding carboxylic acids is 1. The van der Waals surface area contributed by atoms with Gasteiger partial charge < -0.3 is 4.74 Å². The summed E-state index contributed by atoms with van der Waals surface area (Å²) in [4.78, 5) is 10.7. The van der Waals surface area contributed by atoms with E-state index in [1.165, 1.54) is 37.3 Å². The van der Waals surface area contributed by atoms with E-state index in [4.69, 9.17) is 4.74 Å². The Kier molecular flexibility index (Phi) is 7.79. The molecule has 2 nitrogen and oxygen atoms in total. The number of ether oxygens (including phenoxy) is 1. The Hall–Kier alpha value is -2.01. The molecule has 0 amide bonds. The molecule has 0 spiro atoms. The molecule has 130 valence electrons. The zero-order chi connectivity index (χ0) is 18.2. The summed E-state index contributed by atoms with van der Waals surface area (Å²) < 4.78 is 4.88. The van der Waals surface area contributed by atoms with Gasteiger partial charge in [0.25, 0.3) is 0 Å². The van der Waals surface area contributed by atoms with Gasteiger partial charge in [-0.05, 0) is 57.1 Å². The lowest BCUT2D eigenvalue weighted by molar-refractivity contribution is -0.139. The van der Waals surface area contributed by atoms with E-state index in [0.29, 0.717) is 6.61 Å². The second kappa shape index (κ2) is 9.33. The van der Waals surface area contributed by atoms with E-state index < -0.39 is 0 Å². The molecular formula is C22H30O2. The number of carbonyl (C=O) groups is 1. The maximum Gasteiger partial charge on any atom is 0.302 e. The number of rotatable bonds is 4. The van der Waals surface area contributed by atoms with Gasteiger partial charge in [-0.2, -0.15) is 0 Å². The number of esters is 1. The summed E-state index contributed by atoms with van der Waals surface area (Å²) >= 11 is 0. The largest absolute Gasteiger partial charge is 0.462 e. The minimum atomic E-state index is -0.260. The standard InChI is InChI=1S/C22H30O2/c1-17(9-7-10-18(2)14-16-24-20(4)23)12-13-21-19(3)11-8-15-22(21,5)6/h7,9-10,14H,8,11,15-16H2,1-6H3. The highest BCUT2D eigenvalue weighted by atomic mass is 16.5. The third kappa shape index (κ3) is 7.04. The molecule has 0 bridgehead atoms. The molecule has 0 unspecified atom stereocenters. The summed E-state index contributed by atoms with van der Waals surface area (Å²) in [5, 5.41) is 0. The van der Waals surface area contributed by atoms with Crippen molar-refractivity contribution in [1.82, 2.24) is 0 Å². The smallest absolute Gasteiger partial charge is 0.302 e. The third-order valence-corrected chi connectivity index (χ3v) is 4.24. The summed E-state index contributed by atoms with van der Waals surface area (Å²) in [6.07, 6.45) is 11.5. The Morgan fingerprint density at radius 3 is 2.62 bits per heavy atom. The molecule has 0 heterocycles. The molecule has 0 saturated carbocycles. The monoisotopic (exact) mass is 326 g/mol. The van der Waals surface area contributed by atoms with Crippen LogP contribution in [0.1, 0.15) is 60.8 Å². The molecule has 1 rings (SSSR count). The molecule has 0 N–H and O–H groups in total. The Morgan fingerprint density at radius 2 is 2.00 bits per heavy atom. The zero-order valence-corrected chi connectivity index (χ0v) is 16.0. The predicted molar refractivity (Wildman–Crippen MR) is 101 cm³/mol. The lowest BCUT2D eigenvalue weighted by atomic mass is 9.73. The lowest BCUT2D eigenvalue weighted by Crippen LogP contribution is -2.19. The predicted octanol–water partition coefficient (Wildman–Crippen LogP) is 5.53. The minimum Gasteiger partial charge on any atom is -0.462 e. The van der Waals surface area contributed by atoms with Crippen molar-refractivity contribution in [1.29, 1.82) is 0 Å². The Bertz CT molecular complexity index is 643. The first-order chi connectivity index (χ1) is 11.2. The van der Waals surface area contributed by atoms with E-state index in [1.807, 2.05) is 38.2 Å². The van der Waals surface area contributed by atoms with E-state index >= 15 is 0 Å². The SMILES string of the molecule is CC(=O)OCC=C(C)C=CC=C(C)C#CC1=C(C)CCCC1(C)C. The Balaban J connectivity index is 2.72. The van der Waals surface area contributed by atoms with Crippen molar-refractivity contribution in [2.24, 2.45) is 5.41 Å². The molecule has 1 aliphatic carbocycles. The fourth-order valence-corrected chi connectivity index (χ4v) is 2.80. The number of allylic oxidation sites excluding steroid dienone is 7. The molecule has 24 heavy (non-hydrogen) atoms. The van der Waals surface area contributed by atoms with Gasteiger partial charge in [0.05, 0.1) is 0 Å². The topological polar surface area (TPSA) is 26.3 Å². The van der Waals surface area contributed by atoms with Crippen molar-refractivity contribution in [2.75, 3.05) is 6.61 Å². The van der Waals surface area contributed by atoms with Gasteiger partial charge >= 0.3 is 5.97 Å². The molecular weight excluding hydrogens is 296 g/mol. The van der Waals surface area contributed by atoms with Gasteiger partial charge in [0, 0.05) is 12.5 Å². The van der Waals surface area contributed by atoms with Gasteiger partial charge in [-0.15, -0.1) is 0 Å². The highest BCUT2D eigenvalue weighted by molar-refractivity contribution is 5.66. The average molecular weight is 326 g/mol. The first kappa shape index (κ1) is 20.0. The Morgan fingerprint density at radius 1 is 1.29 bits per heavy atom. The molecule has 1 aliphatic rings. The molecule has 0 atom stereocenters. The van der Waals surface area contributed by atoms with E-state index in [-0.39, 0.29) is 11.4 Å². The molecule has 2 heteroatoms. The van der Waals surface area contributed by atoms with Crippen LogP contribution < -0.4 is 0 Å². The van der Waals surface area contributed by atoms with Crippen LogP contribution in [0.15, 0.2) is 46.6 Å². The number of hydrogen-bond acceptors (Lipinski definition) is 2. The van der Waals surface area contributed by atoms with Crippen LogP contribution in [0, 0.1) is 17.3 Å². The molecule has 0 fully saturated rings. The average Bonchev–Trinajstić information content (AvgIpc) is 2.45. The van der Waals surface area contributed by atoms with Crippen LogP contribution in [0.4, 0.5) is 0 Å². The van der Waals surface area contributed by atoms with Gasteiger partial charge in [-0.25, -0.2) is 0 Å². The van der Waals surface area contributed by atoms with Crippen LogP contribution in [-0.2, 0) is 9.53 Å². The van der Waals surface area contributed by atoms with Gasteiger partial charge in [0.15, 0.2) is 0 Å². The van der Waals surface area contributed by atoms with E-state index in [9.17, 15) is 4.79 Å². The van der Waals surface area contributed by atoms with Crippen molar-refractivity contribution in [2.45, 2.75) is 60.8 Å². The number of hydrogen-bond donors (Lipinski definition) is 0. The maximum absolute atomic E-state index is 10.7. The van der Waals surface area contributed by atoms with E-state index in [1.54, 1.807) is 0 Å².